The molecule has 0 aliphatic heterocycles. The molecular weight excluding hydrogens is 467 g/mol. The van der Waals surface area contributed by atoms with Gasteiger partial charge >= 0.3 is 11.9 Å². The van der Waals surface area contributed by atoms with Crippen molar-refractivity contribution < 1.29 is 17.9 Å². The smallest absolute Gasteiger partial charge is 0.384 e. The number of anilines is 1. The molecule has 0 radical (unpaired) electrons. The molecule has 0 saturated heterocycles. The molecule has 2 aromatic carbocycles. The number of nitrogens with one attached hydrogen (secondary N) is 2. The molecule has 0 saturated carbocycles. The molecule has 0 spiro atoms. The van der Waals surface area contributed by atoms with Crippen LogP contribution in [0.25, 0.3) is 21.5 Å². The minimum absolute atomic E-state index is 0.175. The summed E-state index contributed by atoms with van der Waals surface area (Å²) in [5.41, 5.74) is 8.67. The molecule has 4 rings (SSSR count). The number of alkyl halides is 3. The van der Waals surface area contributed by atoms with Crippen LogP contribution in [0.4, 0.5) is 18.3 Å². The number of rotatable bonds is 8. The van der Waals surface area contributed by atoms with Crippen molar-refractivity contribution in [2.75, 3.05) is 25.6 Å². The molecule has 0 bridgehead atoms. The van der Waals surface area contributed by atoms with Crippen molar-refractivity contribution in [1.82, 2.24) is 14.5 Å². The van der Waals surface area contributed by atoms with Crippen LogP contribution in [0.15, 0.2) is 53.5 Å². The Kier molecular flexibility index (Phi) is 6.78. The predicted octanol–water partition coefficient (Wildman–Crippen LogP) is 4.18. The third-order valence-corrected chi connectivity index (χ3v) is 6.72. The molecular formula is C23H24F3N5O2S. The highest BCUT2D eigenvalue weighted by Crippen LogP contribution is 2.32. The summed E-state index contributed by atoms with van der Waals surface area (Å²) < 4.78 is 45.4. The average Bonchev–Trinajstić information content (AvgIpc) is 3.39. The maximum Gasteiger partial charge on any atom is 0.416 e. The van der Waals surface area contributed by atoms with E-state index in [0.29, 0.717) is 17.2 Å². The van der Waals surface area contributed by atoms with Crippen molar-refractivity contribution in [3.8, 4) is 10.4 Å². The number of hydrogen-bond donors (Lipinski definition) is 3. The van der Waals surface area contributed by atoms with Crippen LogP contribution in [-0.2, 0) is 18.0 Å². The third-order valence-electron chi connectivity index (χ3n) is 5.71. The van der Waals surface area contributed by atoms with Crippen molar-refractivity contribution in [2.45, 2.75) is 18.1 Å². The highest BCUT2D eigenvalue weighted by molar-refractivity contribution is 7.18. The summed E-state index contributed by atoms with van der Waals surface area (Å²) in [6.07, 6.45) is -2.64. The Labute approximate surface area is 197 Å². The first-order valence-electron chi connectivity index (χ1n) is 10.5. The van der Waals surface area contributed by atoms with Gasteiger partial charge in [-0.3, -0.25) is 4.57 Å². The van der Waals surface area contributed by atoms with E-state index in [2.05, 4.69) is 15.3 Å². The van der Waals surface area contributed by atoms with E-state index in [1.165, 1.54) is 30.6 Å². The standard InChI is InChI=1S/C23H24F3N5O2S/c1-31-19-9-14(5-8-18(19)30-22(31)32)20-11-29-21(34-20)28-10-17(27)16(12-33-2)13-3-6-15(7-4-13)23(24,25)26/h3-9,11,16-17H,10,12,27H2,1-2H3,(H,28,29)(H,30,32)/t16-,17+/m0/s1. The number of aromatic nitrogens is 3. The Morgan fingerprint density at radius 1 is 1.24 bits per heavy atom. The van der Waals surface area contributed by atoms with Gasteiger partial charge in [0.05, 0.1) is 28.1 Å². The number of methoxy groups -OCH3 is 1. The van der Waals surface area contributed by atoms with Crippen molar-refractivity contribution >= 4 is 27.5 Å². The van der Waals surface area contributed by atoms with Crippen molar-refractivity contribution in [2.24, 2.45) is 12.8 Å². The SMILES string of the molecule is COC[C@@H](c1ccc(C(F)(F)F)cc1)[C@H](N)CNc1ncc(-c2ccc3[nH]c(=O)n(C)c3c2)s1. The summed E-state index contributed by atoms with van der Waals surface area (Å²) in [5, 5.41) is 3.88. The van der Waals surface area contributed by atoms with Crippen LogP contribution in [0.5, 0.6) is 0 Å². The molecule has 180 valence electrons. The summed E-state index contributed by atoms with van der Waals surface area (Å²) in [7, 11) is 3.24. The molecule has 34 heavy (non-hydrogen) atoms. The van der Waals surface area contributed by atoms with Crippen LogP contribution in [0, 0.1) is 0 Å². The Morgan fingerprint density at radius 2 is 1.97 bits per heavy atom. The second-order valence-corrected chi connectivity index (χ2v) is 9.01. The van der Waals surface area contributed by atoms with Crippen LogP contribution < -0.4 is 16.7 Å². The first-order chi connectivity index (χ1) is 16.2. The summed E-state index contributed by atoms with van der Waals surface area (Å²) in [4.78, 5) is 19.9. The molecule has 0 unspecified atom stereocenters. The lowest BCUT2D eigenvalue weighted by molar-refractivity contribution is -0.137. The van der Waals surface area contributed by atoms with Crippen LogP contribution in [0.3, 0.4) is 0 Å². The molecule has 2 heterocycles. The maximum atomic E-state index is 12.9. The molecule has 4 aromatic rings. The van der Waals surface area contributed by atoms with Gasteiger partial charge in [-0.1, -0.05) is 29.5 Å². The predicted molar refractivity (Wildman–Crippen MR) is 127 cm³/mol. The number of benzene rings is 2. The van der Waals surface area contributed by atoms with E-state index in [1.807, 2.05) is 18.2 Å². The van der Waals surface area contributed by atoms with Gasteiger partial charge in [0.15, 0.2) is 5.13 Å². The Bertz CT molecular complexity index is 1330. The lowest BCUT2D eigenvalue weighted by atomic mass is 9.92. The van der Waals surface area contributed by atoms with Crippen LogP contribution in [0.2, 0.25) is 0 Å². The van der Waals surface area contributed by atoms with Gasteiger partial charge in [0.2, 0.25) is 0 Å². The number of nitrogens with two attached hydrogens (primary N) is 1. The van der Waals surface area contributed by atoms with E-state index >= 15 is 0 Å². The summed E-state index contributed by atoms with van der Waals surface area (Å²) in [6.45, 7) is 0.625. The lowest BCUT2D eigenvalue weighted by Crippen LogP contribution is -2.37. The van der Waals surface area contributed by atoms with E-state index in [9.17, 15) is 18.0 Å². The highest BCUT2D eigenvalue weighted by Gasteiger charge is 2.30. The number of halogens is 3. The summed E-state index contributed by atoms with van der Waals surface area (Å²) in [5.74, 6) is -0.295. The van der Waals surface area contributed by atoms with Gasteiger partial charge in [-0.05, 0) is 35.4 Å². The number of hydrogen-bond acceptors (Lipinski definition) is 6. The normalized spacial score (nSPS) is 13.8. The fourth-order valence-corrected chi connectivity index (χ4v) is 4.60. The molecule has 0 fully saturated rings. The Balaban J connectivity index is 1.45. The van der Waals surface area contributed by atoms with Gasteiger partial charge < -0.3 is 20.8 Å². The monoisotopic (exact) mass is 491 g/mol. The Morgan fingerprint density at radius 3 is 2.65 bits per heavy atom. The third kappa shape index (κ3) is 5.01. The lowest BCUT2D eigenvalue weighted by Gasteiger charge is -2.24. The number of fused-ring (bicyclic) bond motifs is 1. The van der Waals surface area contributed by atoms with Gasteiger partial charge in [-0.2, -0.15) is 13.2 Å². The summed E-state index contributed by atoms with van der Waals surface area (Å²) >= 11 is 1.44. The molecule has 0 aliphatic carbocycles. The molecule has 4 N–H and O–H groups in total. The van der Waals surface area contributed by atoms with Gasteiger partial charge in [0, 0.05) is 38.9 Å². The van der Waals surface area contributed by atoms with Crippen LogP contribution in [0.1, 0.15) is 17.0 Å². The molecule has 0 aliphatic rings. The zero-order chi connectivity index (χ0) is 24.5. The van der Waals surface area contributed by atoms with E-state index in [0.717, 1.165) is 33.6 Å². The number of imidazole rings is 1. The first-order valence-corrected chi connectivity index (χ1v) is 11.3. The number of aromatic amines is 1. The summed E-state index contributed by atoms with van der Waals surface area (Å²) in [6, 6.07) is 10.3. The number of thiazole rings is 1. The van der Waals surface area contributed by atoms with E-state index in [-0.39, 0.29) is 18.2 Å². The van der Waals surface area contributed by atoms with E-state index in [4.69, 9.17) is 10.5 Å². The zero-order valence-electron chi connectivity index (χ0n) is 18.5. The quantitative estimate of drug-likeness (QED) is 0.344. The zero-order valence-corrected chi connectivity index (χ0v) is 19.3. The number of aryl methyl sites for hydroxylation is 1. The minimum Gasteiger partial charge on any atom is -0.384 e. The molecule has 7 nitrogen and oxygen atoms in total. The highest BCUT2D eigenvalue weighted by atomic mass is 32.1. The average molecular weight is 492 g/mol. The number of ether oxygens (including phenoxy) is 1. The fraction of sp³-hybridized carbons (Fsp3) is 0.304. The molecule has 0 amide bonds. The van der Waals surface area contributed by atoms with Gasteiger partial charge in [-0.25, -0.2) is 9.78 Å². The van der Waals surface area contributed by atoms with Gasteiger partial charge in [0.1, 0.15) is 0 Å². The molecule has 2 atom stereocenters. The largest absolute Gasteiger partial charge is 0.416 e. The first kappa shape index (κ1) is 24.0. The second kappa shape index (κ2) is 9.61. The van der Waals surface area contributed by atoms with Crippen LogP contribution >= 0.6 is 11.3 Å². The van der Waals surface area contributed by atoms with Crippen LogP contribution in [-0.4, -0.2) is 40.8 Å². The Hall–Kier alpha value is -3.15. The van der Waals surface area contributed by atoms with Crippen molar-refractivity contribution in [3.63, 3.8) is 0 Å². The minimum atomic E-state index is -4.39. The molecule has 2 aromatic heterocycles. The van der Waals surface area contributed by atoms with E-state index in [1.54, 1.807) is 17.8 Å². The van der Waals surface area contributed by atoms with Gasteiger partial charge in [-0.15, -0.1) is 0 Å². The molecule has 11 heteroatoms. The van der Waals surface area contributed by atoms with E-state index < -0.39 is 17.8 Å². The number of H-pyrrole nitrogens is 1. The number of nitrogens with zero attached hydrogens (tertiary/aromatic N) is 2. The van der Waals surface area contributed by atoms with Crippen molar-refractivity contribution in [1.29, 1.82) is 0 Å². The second-order valence-electron chi connectivity index (χ2n) is 7.98. The topological polar surface area (TPSA) is 98.0 Å². The maximum absolute atomic E-state index is 12.9. The van der Waals surface area contributed by atoms with Gasteiger partial charge in [0.25, 0.3) is 0 Å². The fourth-order valence-electron chi connectivity index (χ4n) is 3.78. The van der Waals surface area contributed by atoms with Crippen molar-refractivity contribution in [3.05, 3.63) is 70.3 Å².